The van der Waals surface area contributed by atoms with E-state index in [9.17, 15) is 0 Å². The van der Waals surface area contributed by atoms with Crippen LogP contribution in [-0.4, -0.2) is 11.5 Å². The van der Waals surface area contributed by atoms with Crippen LogP contribution in [-0.2, 0) is 0 Å². The first-order valence-corrected chi connectivity index (χ1v) is 6.63. The molecule has 0 bridgehead atoms. The number of hydrazone groups is 1. The van der Waals surface area contributed by atoms with Crippen molar-refractivity contribution in [2.45, 2.75) is 18.7 Å². The minimum absolute atomic E-state index is 0.823. The largest absolute Gasteiger partial charge is 0.279 e. The van der Waals surface area contributed by atoms with E-state index >= 15 is 0 Å². The van der Waals surface area contributed by atoms with Gasteiger partial charge in [0, 0.05) is 16.2 Å². The molecule has 0 saturated heterocycles. The molecule has 17 heavy (non-hydrogen) atoms. The summed E-state index contributed by atoms with van der Waals surface area (Å²) in [5.74, 6) is 1.10. The average Bonchev–Trinajstić information content (AvgIpc) is 2.33. The third-order valence-corrected chi connectivity index (χ3v) is 3.59. The molecule has 0 fully saturated rings. The van der Waals surface area contributed by atoms with E-state index in [1.54, 1.807) is 0 Å². The van der Waals surface area contributed by atoms with Gasteiger partial charge in [0.25, 0.3) is 0 Å². The Bertz CT molecular complexity index is 501. The Labute approximate surface area is 107 Å². The minimum atomic E-state index is 0.823. The van der Waals surface area contributed by atoms with Crippen LogP contribution in [0.3, 0.4) is 0 Å². The van der Waals surface area contributed by atoms with Crippen molar-refractivity contribution in [2.24, 2.45) is 5.10 Å². The van der Waals surface area contributed by atoms with Crippen LogP contribution in [0.15, 0.2) is 52.6 Å². The monoisotopic (exact) mass is 244 g/mol. The van der Waals surface area contributed by atoms with Crippen molar-refractivity contribution in [1.82, 2.24) is 5.43 Å². The van der Waals surface area contributed by atoms with E-state index in [0.717, 1.165) is 22.7 Å². The molecule has 88 valence electrons. The predicted molar refractivity (Wildman–Crippen MR) is 75.5 cm³/mol. The first kappa shape index (κ1) is 12.0. The second-order valence-electron chi connectivity index (χ2n) is 3.88. The van der Waals surface area contributed by atoms with E-state index in [4.69, 9.17) is 0 Å². The summed E-state index contributed by atoms with van der Waals surface area (Å²) in [6.07, 6.45) is 3.92. The van der Waals surface area contributed by atoms with Crippen molar-refractivity contribution < 1.29 is 0 Å². The second kappa shape index (κ2) is 5.23. The molecule has 0 aromatic heterocycles. The van der Waals surface area contributed by atoms with Gasteiger partial charge in [0.2, 0.25) is 0 Å². The van der Waals surface area contributed by atoms with Gasteiger partial charge < -0.3 is 0 Å². The van der Waals surface area contributed by atoms with Crippen molar-refractivity contribution in [3.8, 4) is 0 Å². The quantitative estimate of drug-likeness (QED) is 0.823. The SMILES string of the molecule is C=C1C=CC(c2ccc(SCC)c(C)c2)=NN1. The van der Waals surface area contributed by atoms with Crippen LogP contribution in [0.4, 0.5) is 0 Å². The van der Waals surface area contributed by atoms with Crippen LogP contribution in [0.25, 0.3) is 0 Å². The zero-order valence-corrected chi connectivity index (χ0v) is 11.0. The molecule has 0 radical (unpaired) electrons. The van der Waals surface area contributed by atoms with Crippen LogP contribution < -0.4 is 5.43 Å². The molecule has 0 atom stereocenters. The Morgan fingerprint density at radius 2 is 2.18 bits per heavy atom. The van der Waals surface area contributed by atoms with Crippen LogP contribution >= 0.6 is 11.8 Å². The normalized spacial score (nSPS) is 14.5. The zero-order chi connectivity index (χ0) is 12.3. The van der Waals surface area contributed by atoms with Crippen molar-refractivity contribution in [2.75, 3.05) is 5.75 Å². The summed E-state index contributed by atoms with van der Waals surface area (Å²) in [5.41, 5.74) is 7.11. The zero-order valence-electron chi connectivity index (χ0n) is 10.2. The Morgan fingerprint density at radius 1 is 1.35 bits per heavy atom. The Hall–Kier alpha value is -1.48. The highest BCUT2D eigenvalue weighted by Gasteiger charge is 2.06. The van der Waals surface area contributed by atoms with Gasteiger partial charge in [-0.2, -0.15) is 5.10 Å². The highest BCUT2D eigenvalue weighted by molar-refractivity contribution is 7.99. The van der Waals surface area contributed by atoms with Gasteiger partial charge in [-0.15, -0.1) is 11.8 Å². The summed E-state index contributed by atoms with van der Waals surface area (Å²) in [6.45, 7) is 8.10. The summed E-state index contributed by atoms with van der Waals surface area (Å²) >= 11 is 1.87. The fraction of sp³-hybridized carbons (Fsp3) is 0.214. The lowest BCUT2D eigenvalue weighted by Gasteiger charge is -2.11. The number of aryl methyl sites for hydroxylation is 1. The minimum Gasteiger partial charge on any atom is -0.279 e. The van der Waals surface area contributed by atoms with E-state index in [-0.39, 0.29) is 0 Å². The number of hydrogen-bond donors (Lipinski definition) is 1. The smallest absolute Gasteiger partial charge is 0.0906 e. The topological polar surface area (TPSA) is 24.4 Å². The number of allylic oxidation sites excluding steroid dienone is 2. The van der Waals surface area contributed by atoms with Crippen molar-refractivity contribution in [1.29, 1.82) is 0 Å². The predicted octanol–water partition coefficient (Wildman–Crippen LogP) is 3.48. The number of rotatable bonds is 3. The molecule has 1 aliphatic heterocycles. The fourth-order valence-electron chi connectivity index (χ4n) is 1.67. The van der Waals surface area contributed by atoms with Crippen LogP contribution in [0.5, 0.6) is 0 Å². The Balaban J connectivity index is 2.26. The van der Waals surface area contributed by atoms with Crippen LogP contribution in [0, 0.1) is 6.92 Å². The van der Waals surface area contributed by atoms with Crippen molar-refractivity contribution in [3.63, 3.8) is 0 Å². The molecule has 3 heteroatoms. The number of benzene rings is 1. The van der Waals surface area contributed by atoms with Crippen LogP contribution in [0.1, 0.15) is 18.1 Å². The average molecular weight is 244 g/mol. The Morgan fingerprint density at radius 3 is 2.76 bits per heavy atom. The molecular formula is C14H16N2S. The molecule has 0 aliphatic carbocycles. The fourth-order valence-corrected chi connectivity index (χ4v) is 2.43. The molecule has 2 rings (SSSR count). The van der Waals surface area contributed by atoms with Crippen LogP contribution in [0.2, 0.25) is 0 Å². The maximum absolute atomic E-state index is 4.27. The molecule has 1 heterocycles. The summed E-state index contributed by atoms with van der Waals surface area (Å²) < 4.78 is 0. The maximum Gasteiger partial charge on any atom is 0.0906 e. The first-order chi connectivity index (χ1) is 8.20. The van der Waals surface area contributed by atoms with Gasteiger partial charge in [0.15, 0.2) is 0 Å². The summed E-state index contributed by atoms with van der Waals surface area (Å²) in [4.78, 5) is 1.34. The molecule has 0 saturated carbocycles. The van der Waals surface area contributed by atoms with Crippen molar-refractivity contribution in [3.05, 3.63) is 53.8 Å². The van der Waals surface area contributed by atoms with E-state index < -0.39 is 0 Å². The third kappa shape index (κ3) is 2.80. The lowest BCUT2D eigenvalue weighted by molar-refractivity contribution is 0.914. The number of nitrogens with one attached hydrogen (secondary N) is 1. The van der Waals surface area contributed by atoms with Gasteiger partial charge in [-0.3, -0.25) is 5.43 Å². The first-order valence-electron chi connectivity index (χ1n) is 5.65. The van der Waals surface area contributed by atoms with Crippen molar-refractivity contribution >= 4 is 17.5 Å². The lowest BCUT2D eigenvalue weighted by atomic mass is 10.1. The second-order valence-corrected chi connectivity index (χ2v) is 5.19. The number of thioether (sulfide) groups is 1. The molecule has 1 aromatic carbocycles. The van der Waals surface area contributed by atoms with E-state index in [0.29, 0.717) is 0 Å². The molecule has 1 N–H and O–H groups in total. The van der Waals surface area contributed by atoms with Gasteiger partial charge in [0.05, 0.1) is 5.71 Å². The van der Waals surface area contributed by atoms with Gasteiger partial charge >= 0.3 is 0 Å². The van der Waals surface area contributed by atoms with E-state index in [1.165, 1.54) is 10.5 Å². The maximum atomic E-state index is 4.27. The highest BCUT2D eigenvalue weighted by Crippen LogP contribution is 2.23. The molecule has 1 aliphatic rings. The third-order valence-electron chi connectivity index (χ3n) is 2.53. The molecule has 1 aromatic rings. The summed E-state index contributed by atoms with van der Waals surface area (Å²) in [7, 11) is 0. The lowest BCUT2D eigenvalue weighted by Crippen LogP contribution is -2.12. The summed E-state index contributed by atoms with van der Waals surface area (Å²) in [6, 6.07) is 6.46. The molecule has 0 amide bonds. The van der Waals surface area contributed by atoms with E-state index in [1.807, 2.05) is 23.9 Å². The Kier molecular flexibility index (Phi) is 3.69. The molecule has 2 nitrogen and oxygen atoms in total. The van der Waals surface area contributed by atoms with Gasteiger partial charge in [-0.1, -0.05) is 19.6 Å². The van der Waals surface area contributed by atoms with Gasteiger partial charge in [0.1, 0.15) is 0 Å². The molecule has 0 spiro atoms. The van der Waals surface area contributed by atoms with Gasteiger partial charge in [-0.25, -0.2) is 0 Å². The highest BCUT2D eigenvalue weighted by atomic mass is 32.2. The summed E-state index contributed by atoms with van der Waals surface area (Å²) in [5, 5.41) is 4.27. The standard InChI is InChI=1S/C14H16N2S/c1-4-17-14-8-6-12(9-10(14)2)13-7-5-11(3)15-16-13/h5-9,15H,3-4H2,1-2H3. The van der Waals surface area contributed by atoms with Gasteiger partial charge in [-0.05, 0) is 42.5 Å². The molecule has 0 unspecified atom stereocenters. The number of nitrogens with zero attached hydrogens (tertiary/aromatic N) is 1. The molecular weight excluding hydrogens is 228 g/mol. The number of hydrogen-bond acceptors (Lipinski definition) is 3. The van der Waals surface area contributed by atoms with E-state index in [2.05, 4.69) is 49.2 Å².